The van der Waals surface area contributed by atoms with Gasteiger partial charge in [0.2, 0.25) is 0 Å². The molecule has 0 aliphatic rings. The van der Waals surface area contributed by atoms with Crippen molar-refractivity contribution in [3.05, 3.63) is 17.0 Å². The van der Waals surface area contributed by atoms with Crippen LogP contribution in [0.1, 0.15) is 32.5 Å². The summed E-state index contributed by atoms with van der Waals surface area (Å²) in [4.78, 5) is 8.61. The molecule has 0 fully saturated rings. The predicted molar refractivity (Wildman–Crippen MR) is 70.6 cm³/mol. The maximum Gasteiger partial charge on any atom is 0.134 e. The third-order valence-corrected chi connectivity index (χ3v) is 2.56. The Morgan fingerprint density at radius 1 is 1.47 bits per heavy atom. The van der Waals surface area contributed by atoms with Gasteiger partial charge in [-0.2, -0.15) is 0 Å². The van der Waals surface area contributed by atoms with Crippen LogP contribution < -0.4 is 5.32 Å². The average Bonchev–Trinajstić information content (AvgIpc) is 2.26. The molecule has 5 heteroatoms. The molecule has 1 aromatic rings. The van der Waals surface area contributed by atoms with Crippen LogP contribution >= 0.6 is 11.6 Å². The van der Waals surface area contributed by atoms with E-state index in [-0.39, 0.29) is 0 Å². The van der Waals surface area contributed by atoms with Gasteiger partial charge in [-0.25, -0.2) is 9.97 Å². The average molecular weight is 258 g/mol. The van der Waals surface area contributed by atoms with Crippen LogP contribution in [0.2, 0.25) is 5.15 Å². The molecule has 0 amide bonds. The fraction of sp³-hybridized carbons (Fsp3) is 0.667. The van der Waals surface area contributed by atoms with E-state index in [0.717, 1.165) is 37.5 Å². The molecule has 0 aromatic carbocycles. The van der Waals surface area contributed by atoms with E-state index in [0.29, 0.717) is 11.2 Å². The summed E-state index contributed by atoms with van der Waals surface area (Å²) in [5.74, 6) is 1.58. The van der Waals surface area contributed by atoms with Crippen LogP contribution in [0.4, 0.5) is 5.82 Å². The molecule has 0 aliphatic heterocycles. The van der Waals surface area contributed by atoms with E-state index in [1.807, 2.05) is 0 Å². The molecule has 0 saturated carbocycles. The smallest absolute Gasteiger partial charge is 0.134 e. The Bertz CT molecular complexity index is 347. The van der Waals surface area contributed by atoms with Crippen LogP contribution in [-0.2, 0) is 11.2 Å². The quantitative estimate of drug-likeness (QED) is 0.763. The maximum atomic E-state index is 5.96. The number of anilines is 1. The highest BCUT2D eigenvalue weighted by atomic mass is 35.5. The molecular weight excluding hydrogens is 238 g/mol. The van der Waals surface area contributed by atoms with Crippen LogP contribution in [0.5, 0.6) is 0 Å². The minimum absolute atomic E-state index is 0.301. The molecule has 0 saturated heterocycles. The zero-order chi connectivity index (χ0) is 12.7. The number of ether oxygens (including phenoxy) is 1. The molecular formula is C12H20ClN3O. The second-order valence-electron chi connectivity index (χ2n) is 4.07. The van der Waals surface area contributed by atoms with Crippen LogP contribution in [-0.4, -0.2) is 29.7 Å². The zero-order valence-electron chi connectivity index (χ0n) is 10.7. The van der Waals surface area contributed by atoms with Gasteiger partial charge in [-0.1, -0.05) is 18.5 Å². The highest BCUT2D eigenvalue weighted by molar-refractivity contribution is 6.29. The topological polar surface area (TPSA) is 47.0 Å². The normalized spacial score (nSPS) is 12.5. The first kappa shape index (κ1) is 14.2. The first-order chi connectivity index (χ1) is 8.15. The second kappa shape index (κ2) is 7.45. The molecule has 1 N–H and O–H groups in total. The summed E-state index contributed by atoms with van der Waals surface area (Å²) in [5.41, 5.74) is 0. The van der Waals surface area contributed by atoms with Gasteiger partial charge in [-0.3, -0.25) is 0 Å². The largest absolute Gasteiger partial charge is 0.385 e. The SMILES string of the molecule is CCCc1nc(Cl)cc(NC(C)CCOC)n1. The van der Waals surface area contributed by atoms with Crippen molar-refractivity contribution in [3.63, 3.8) is 0 Å². The lowest BCUT2D eigenvalue weighted by molar-refractivity contribution is 0.191. The lowest BCUT2D eigenvalue weighted by atomic mass is 10.2. The molecule has 1 rings (SSSR count). The van der Waals surface area contributed by atoms with Crippen molar-refractivity contribution in [2.45, 2.75) is 39.2 Å². The van der Waals surface area contributed by atoms with E-state index >= 15 is 0 Å². The van der Waals surface area contributed by atoms with E-state index in [2.05, 4.69) is 29.1 Å². The first-order valence-corrected chi connectivity index (χ1v) is 6.32. The number of aromatic nitrogens is 2. The monoisotopic (exact) mass is 257 g/mol. The van der Waals surface area contributed by atoms with E-state index in [1.165, 1.54) is 0 Å². The van der Waals surface area contributed by atoms with Crippen LogP contribution in [0, 0.1) is 0 Å². The summed E-state index contributed by atoms with van der Waals surface area (Å²) >= 11 is 5.96. The highest BCUT2D eigenvalue weighted by Crippen LogP contribution is 2.14. The van der Waals surface area contributed by atoms with Gasteiger partial charge in [0, 0.05) is 32.2 Å². The summed E-state index contributed by atoms with van der Waals surface area (Å²) in [5, 5.41) is 3.79. The van der Waals surface area contributed by atoms with E-state index in [1.54, 1.807) is 13.2 Å². The number of halogens is 1. The molecule has 1 aromatic heterocycles. The molecule has 17 heavy (non-hydrogen) atoms. The Morgan fingerprint density at radius 2 is 2.24 bits per heavy atom. The van der Waals surface area contributed by atoms with Crippen molar-refractivity contribution in [1.82, 2.24) is 9.97 Å². The number of aryl methyl sites for hydroxylation is 1. The minimum Gasteiger partial charge on any atom is -0.385 e. The lowest BCUT2D eigenvalue weighted by Crippen LogP contribution is -2.18. The highest BCUT2D eigenvalue weighted by Gasteiger charge is 2.06. The predicted octanol–water partition coefficient (Wildman–Crippen LogP) is 2.92. The van der Waals surface area contributed by atoms with E-state index < -0.39 is 0 Å². The fourth-order valence-corrected chi connectivity index (χ4v) is 1.69. The Kier molecular flexibility index (Phi) is 6.22. The van der Waals surface area contributed by atoms with Crippen molar-refractivity contribution in [3.8, 4) is 0 Å². The third-order valence-electron chi connectivity index (χ3n) is 2.36. The zero-order valence-corrected chi connectivity index (χ0v) is 11.4. The number of nitrogens with one attached hydrogen (secondary N) is 1. The maximum absolute atomic E-state index is 5.96. The molecule has 1 heterocycles. The van der Waals surface area contributed by atoms with Gasteiger partial charge in [0.1, 0.15) is 16.8 Å². The molecule has 0 aliphatic carbocycles. The Labute approximate surface area is 108 Å². The number of hydrogen-bond acceptors (Lipinski definition) is 4. The molecule has 96 valence electrons. The van der Waals surface area contributed by atoms with Gasteiger partial charge in [0.15, 0.2) is 0 Å². The number of rotatable bonds is 7. The summed E-state index contributed by atoms with van der Waals surface area (Å²) in [6.45, 7) is 4.92. The number of methoxy groups -OCH3 is 1. The number of nitrogens with zero attached hydrogens (tertiary/aromatic N) is 2. The molecule has 0 spiro atoms. The van der Waals surface area contributed by atoms with Crippen molar-refractivity contribution < 1.29 is 4.74 Å². The molecule has 1 unspecified atom stereocenters. The molecule has 0 bridgehead atoms. The van der Waals surface area contributed by atoms with Crippen molar-refractivity contribution in [2.24, 2.45) is 0 Å². The van der Waals surface area contributed by atoms with Crippen LogP contribution in [0.25, 0.3) is 0 Å². The second-order valence-corrected chi connectivity index (χ2v) is 4.46. The van der Waals surface area contributed by atoms with Crippen molar-refractivity contribution >= 4 is 17.4 Å². The summed E-state index contributed by atoms with van der Waals surface area (Å²) in [6, 6.07) is 2.06. The lowest BCUT2D eigenvalue weighted by Gasteiger charge is -2.14. The van der Waals surface area contributed by atoms with Gasteiger partial charge >= 0.3 is 0 Å². The van der Waals surface area contributed by atoms with Crippen LogP contribution in [0.15, 0.2) is 6.07 Å². The summed E-state index contributed by atoms with van der Waals surface area (Å²) in [6.07, 6.45) is 2.79. The fourth-order valence-electron chi connectivity index (χ4n) is 1.49. The van der Waals surface area contributed by atoms with Gasteiger partial charge in [-0.15, -0.1) is 0 Å². The van der Waals surface area contributed by atoms with Gasteiger partial charge in [-0.05, 0) is 19.8 Å². The van der Waals surface area contributed by atoms with Crippen molar-refractivity contribution in [2.75, 3.05) is 19.0 Å². The number of hydrogen-bond donors (Lipinski definition) is 1. The minimum atomic E-state index is 0.301. The molecule has 1 atom stereocenters. The molecule has 0 radical (unpaired) electrons. The van der Waals surface area contributed by atoms with Gasteiger partial charge in [0.25, 0.3) is 0 Å². The van der Waals surface area contributed by atoms with Gasteiger partial charge in [0.05, 0.1) is 0 Å². The van der Waals surface area contributed by atoms with Crippen LogP contribution in [0.3, 0.4) is 0 Å². The standard InChI is InChI=1S/C12H20ClN3O/c1-4-5-11-15-10(13)8-12(16-11)14-9(2)6-7-17-3/h8-9H,4-7H2,1-3H3,(H,14,15,16). The van der Waals surface area contributed by atoms with Gasteiger partial charge < -0.3 is 10.1 Å². The Morgan fingerprint density at radius 3 is 2.88 bits per heavy atom. The van der Waals surface area contributed by atoms with Crippen molar-refractivity contribution in [1.29, 1.82) is 0 Å². The summed E-state index contributed by atoms with van der Waals surface area (Å²) in [7, 11) is 1.70. The Balaban J connectivity index is 2.63. The molecule has 4 nitrogen and oxygen atoms in total. The summed E-state index contributed by atoms with van der Waals surface area (Å²) < 4.78 is 5.04. The first-order valence-electron chi connectivity index (χ1n) is 5.94. The third kappa shape index (κ3) is 5.33. The van der Waals surface area contributed by atoms with E-state index in [9.17, 15) is 0 Å². The van der Waals surface area contributed by atoms with E-state index in [4.69, 9.17) is 16.3 Å². The Hall–Kier alpha value is -0.870.